The maximum atomic E-state index is 9.54. The van der Waals surface area contributed by atoms with Gasteiger partial charge >= 0.3 is 0 Å². The second kappa shape index (κ2) is 6.06. The number of hydrogen-bond acceptors (Lipinski definition) is 4. The quantitative estimate of drug-likeness (QED) is 0.279. The number of amidine groups is 1. The van der Waals surface area contributed by atoms with E-state index in [0.717, 1.165) is 25.9 Å². The van der Waals surface area contributed by atoms with Crippen LogP contribution in [0.1, 0.15) is 33.1 Å². The first kappa shape index (κ1) is 13.3. The summed E-state index contributed by atoms with van der Waals surface area (Å²) >= 11 is 0. The molecule has 16 heavy (non-hydrogen) atoms. The van der Waals surface area contributed by atoms with Crippen molar-refractivity contribution in [3.8, 4) is 0 Å². The molecule has 0 aromatic rings. The van der Waals surface area contributed by atoms with Crippen molar-refractivity contribution in [2.24, 2.45) is 16.8 Å². The van der Waals surface area contributed by atoms with E-state index in [0.29, 0.717) is 18.4 Å². The zero-order chi connectivity index (χ0) is 12.1. The molecule has 0 aromatic heterocycles. The van der Waals surface area contributed by atoms with Crippen LogP contribution in [0.2, 0.25) is 0 Å². The summed E-state index contributed by atoms with van der Waals surface area (Å²) in [6.45, 7) is 5.85. The third-order valence-corrected chi connectivity index (χ3v) is 3.50. The first-order valence-corrected chi connectivity index (χ1v) is 5.97. The Morgan fingerprint density at radius 1 is 1.62 bits per heavy atom. The molecule has 3 atom stereocenters. The van der Waals surface area contributed by atoms with Crippen molar-refractivity contribution in [1.82, 2.24) is 4.90 Å². The molecule has 4 N–H and O–H groups in total. The Labute approximate surface area is 96.9 Å². The Kier molecular flexibility index (Phi) is 5.02. The van der Waals surface area contributed by atoms with Gasteiger partial charge in [0.1, 0.15) is 5.84 Å². The summed E-state index contributed by atoms with van der Waals surface area (Å²) in [5, 5.41) is 21.1. The van der Waals surface area contributed by atoms with E-state index in [2.05, 4.69) is 17.0 Å². The van der Waals surface area contributed by atoms with Crippen molar-refractivity contribution in [2.45, 2.75) is 45.3 Å². The topological polar surface area (TPSA) is 82.1 Å². The van der Waals surface area contributed by atoms with Crippen LogP contribution < -0.4 is 5.73 Å². The monoisotopic (exact) mass is 229 g/mol. The van der Waals surface area contributed by atoms with E-state index in [1.165, 1.54) is 0 Å². The average Bonchev–Trinajstić information content (AvgIpc) is 2.74. The first-order chi connectivity index (χ1) is 7.58. The highest BCUT2D eigenvalue weighted by molar-refractivity contribution is 5.80. The van der Waals surface area contributed by atoms with E-state index in [4.69, 9.17) is 10.9 Å². The van der Waals surface area contributed by atoms with Gasteiger partial charge in [-0.2, -0.15) is 0 Å². The van der Waals surface area contributed by atoms with Gasteiger partial charge in [0.2, 0.25) is 0 Å². The molecule has 94 valence electrons. The molecule has 1 saturated heterocycles. The number of nitrogens with two attached hydrogens (primary N) is 1. The highest BCUT2D eigenvalue weighted by atomic mass is 16.4. The van der Waals surface area contributed by atoms with Crippen LogP contribution in [0.15, 0.2) is 5.16 Å². The molecule has 3 unspecified atom stereocenters. The van der Waals surface area contributed by atoms with Crippen LogP contribution >= 0.6 is 0 Å². The maximum Gasteiger partial charge on any atom is 0.140 e. The minimum absolute atomic E-state index is 0.244. The molecule has 0 spiro atoms. The maximum absolute atomic E-state index is 9.54. The highest BCUT2D eigenvalue weighted by Crippen LogP contribution is 2.23. The molecule has 1 fully saturated rings. The molecule has 0 aromatic carbocycles. The van der Waals surface area contributed by atoms with Crippen molar-refractivity contribution in [3.05, 3.63) is 0 Å². The second-order valence-electron chi connectivity index (χ2n) is 4.64. The number of rotatable bonds is 5. The molecule has 0 saturated carbocycles. The normalized spacial score (nSPS) is 26.9. The summed E-state index contributed by atoms with van der Waals surface area (Å²) in [6, 6.07) is 0.319. The van der Waals surface area contributed by atoms with E-state index in [1.807, 2.05) is 6.92 Å². The molecule has 1 aliphatic rings. The summed E-state index contributed by atoms with van der Waals surface area (Å²) in [4.78, 5) is 2.33. The molecule has 1 aliphatic heterocycles. The standard InChI is InChI=1S/C11H23N3O2/c1-3-10(6-11(12)13-16)14-5-4-9(7-14)8(2)15/h8-10,15-16H,3-7H2,1-2H3,(H2,12,13). The van der Waals surface area contributed by atoms with Gasteiger partial charge in [-0.15, -0.1) is 0 Å². The summed E-state index contributed by atoms with van der Waals surface area (Å²) < 4.78 is 0. The Bertz CT molecular complexity index is 243. The average molecular weight is 229 g/mol. The minimum Gasteiger partial charge on any atom is -0.409 e. The van der Waals surface area contributed by atoms with Crippen molar-refractivity contribution in [3.63, 3.8) is 0 Å². The lowest BCUT2D eigenvalue weighted by Gasteiger charge is -2.26. The summed E-state index contributed by atoms with van der Waals surface area (Å²) in [5.41, 5.74) is 5.54. The minimum atomic E-state index is -0.244. The summed E-state index contributed by atoms with van der Waals surface area (Å²) in [5.74, 6) is 0.647. The Hall–Kier alpha value is -0.810. The molecule has 0 radical (unpaired) electrons. The number of likely N-dealkylation sites (tertiary alicyclic amines) is 1. The van der Waals surface area contributed by atoms with Gasteiger partial charge in [-0.3, -0.25) is 4.90 Å². The van der Waals surface area contributed by atoms with Crippen molar-refractivity contribution in [2.75, 3.05) is 13.1 Å². The fraction of sp³-hybridized carbons (Fsp3) is 0.909. The number of hydrogen-bond donors (Lipinski definition) is 3. The molecule has 1 heterocycles. The largest absolute Gasteiger partial charge is 0.409 e. The highest BCUT2D eigenvalue weighted by Gasteiger charge is 2.30. The third-order valence-electron chi connectivity index (χ3n) is 3.50. The van der Waals surface area contributed by atoms with Gasteiger partial charge in [0.15, 0.2) is 0 Å². The van der Waals surface area contributed by atoms with Gasteiger partial charge < -0.3 is 16.0 Å². The van der Waals surface area contributed by atoms with E-state index >= 15 is 0 Å². The molecule has 1 rings (SSSR count). The zero-order valence-corrected chi connectivity index (χ0v) is 10.1. The van der Waals surface area contributed by atoms with Crippen molar-refractivity contribution in [1.29, 1.82) is 0 Å². The summed E-state index contributed by atoms with van der Waals surface area (Å²) in [7, 11) is 0. The van der Waals surface area contributed by atoms with Gasteiger partial charge in [0.05, 0.1) is 6.10 Å². The molecule has 5 nitrogen and oxygen atoms in total. The number of aliphatic hydroxyl groups excluding tert-OH is 1. The Morgan fingerprint density at radius 2 is 2.31 bits per heavy atom. The SMILES string of the molecule is CCC(CC(N)=NO)N1CCC(C(C)O)C1. The van der Waals surface area contributed by atoms with E-state index < -0.39 is 0 Å². The lowest BCUT2D eigenvalue weighted by Crippen LogP contribution is -2.37. The van der Waals surface area contributed by atoms with Crippen LogP contribution in [-0.4, -0.2) is 46.3 Å². The molecule has 5 heteroatoms. The number of nitrogens with zero attached hydrogens (tertiary/aromatic N) is 2. The van der Waals surface area contributed by atoms with Crippen LogP contribution in [0.5, 0.6) is 0 Å². The lowest BCUT2D eigenvalue weighted by molar-refractivity contribution is 0.121. The molecule has 0 aliphatic carbocycles. The number of oxime groups is 1. The Balaban J connectivity index is 2.49. The van der Waals surface area contributed by atoms with Crippen LogP contribution in [0.4, 0.5) is 0 Å². The molecule has 0 bridgehead atoms. The molecule has 0 amide bonds. The van der Waals surface area contributed by atoms with Crippen LogP contribution in [0.25, 0.3) is 0 Å². The van der Waals surface area contributed by atoms with Crippen molar-refractivity contribution < 1.29 is 10.3 Å². The fourth-order valence-corrected chi connectivity index (χ4v) is 2.35. The van der Waals surface area contributed by atoms with Gasteiger partial charge in [-0.05, 0) is 32.2 Å². The lowest BCUT2D eigenvalue weighted by atomic mass is 10.0. The second-order valence-corrected chi connectivity index (χ2v) is 4.64. The van der Waals surface area contributed by atoms with Gasteiger partial charge in [0, 0.05) is 19.0 Å². The smallest absolute Gasteiger partial charge is 0.140 e. The molecular weight excluding hydrogens is 206 g/mol. The fourth-order valence-electron chi connectivity index (χ4n) is 2.35. The molecular formula is C11H23N3O2. The van der Waals surface area contributed by atoms with Crippen LogP contribution in [0.3, 0.4) is 0 Å². The van der Waals surface area contributed by atoms with Gasteiger partial charge in [-0.25, -0.2) is 0 Å². The predicted octanol–water partition coefficient (Wildman–Crippen LogP) is 0.604. The van der Waals surface area contributed by atoms with Crippen LogP contribution in [-0.2, 0) is 0 Å². The van der Waals surface area contributed by atoms with Gasteiger partial charge in [-0.1, -0.05) is 12.1 Å². The Morgan fingerprint density at radius 3 is 2.75 bits per heavy atom. The van der Waals surface area contributed by atoms with Crippen molar-refractivity contribution >= 4 is 5.84 Å². The van der Waals surface area contributed by atoms with Crippen LogP contribution in [0, 0.1) is 5.92 Å². The van der Waals surface area contributed by atoms with E-state index in [-0.39, 0.29) is 11.9 Å². The van der Waals surface area contributed by atoms with E-state index in [1.54, 1.807) is 0 Å². The van der Waals surface area contributed by atoms with E-state index in [9.17, 15) is 5.11 Å². The first-order valence-electron chi connectivity index (χ1n) is 5.97. The summed E-state index contributed by atoms with van der Waals surface area (Å²) in [6.07, 6.45) is 2.36. The zero-order valence-electron chi connectivity index (χ0n) is 10.1. The predicted molar refractivity (Wildman–Crippen MR) is 63.5 cm³/mol. The van der Waals surface area contributed by atoms with Gasteiger partial charge in [0.25, 0.3) is 0 Å². The number of aliphatic hydroxyl groups is 1. The third kappa shape index (κ3) is 3.35.